The highest BCUT2D eigenvalue weighted by Gasteiger charge is 2.20. The first kappa shape index (κ1) is 18.5. The molecule has 0 spiro atoms. The van der Waals surface area contributed by atoms with Crippen molar-refractivity contribution < 1.29 is 0 Å². The second-order valence-electron chi connectivity index (χ2n) is 6.85. The number of aryl methyl sites for hydroxylation is 6. The summed E-state index contributed by atoms with van der Waals surface area (Å²) in [4.78, 5) is 0. The van der Waals surface area contributed by atoms with Crippen LogP contribution in [0.5, 0.6) is 0 Å². The van der Waals surface area contributed by atoms with E-state index in [1.54, 1.807) is 0 Å². The van der Waals surface area contributed by atoms with Gasteiger partial charge in [0, 0.05) is 7.92 Å². The Bertz CT molecular complexity index is 756. The van der Waals surface area contributed by atoms with Gasteiger partial charge in [-0.25, -0.2) is 0 Å². The van der Waals surface area contributed by atoms with Crippen LogP contribution < -0.4 is 10.6 Å². The van der Waals surface area contributed by atoms with E-state index in [1.165, 1.54) is 44.0 Å². The Hall–Kier alpha value is -1.83. The Labute approximate surface area is 148 Å². The summed E-state index contributed by atoms with van der Waals surface area (Å²) in [5.41, 5.74) is 12.5. The number of benzene rings is 2. The second kappa shape index (κ2) is 7.38. The monoisotopic (exact) mass is 334 g/mol. The van der Waals surface area contributed by atoms with E-state index >= 15 is 0 Å². The Morgan fingerprint density at radius 3 is 1.38 bits per heavy atom. The first-order chi connectivity index (χ1) is 11.2. The van der Waals surface area contributed by atoms with Crippen molar-refractivity contribution in [2.75, 3.05) is 0 Å². The standard InChI is InChI=1S/C23H27P/c1-15(2)9-10-24(22-18(5)11-16(3)12-19(22)6)23-20(7)13-17(4)14-21(23)8/h11-14H,1H2,2-8H3. The predicted octanol–water partition coefficient (Wildman–Crippen LogP) is 5.51. The van der Waals surface area contributed by atoms with Crippen LogP contribution in [0.25, 0.3) is 0 Å². The van der Waals surface area contributed by atoms with Gasteiger partial charge in [0.1, 0.15) is 0 Å². The fourth-order valence-electron chi connectivity index (χ4n) is 3.43. The van der Waals surface area contributed by atoms with Crippen molar-refractivity contribution in [1.82, 2.24) is 0 Å². The van der Waals surface area contributed by atoms with Crippen LogP contribution >= 0.6 is 7.92 Å². The Balaban J connectivity index is 2.78. The molecular weight excluding hydrogens is 307 g/mol. The lowest BCUT2D eigenvalue weighted by atomic mass is 10.1. The maximum absolute atomic E-state index is 3.97. The van der Waals surface area contributed by atoms with Crippen molar-refractivity contribution in [3.8, 4) is 11.6 Å². The van der Waals surface area contributed by atoms with Crippen LogP contribution in [0.15, 0.2) is 36.4 Å². The summed E-state index contributed by atoms with van der Waals surface area (Å²) in [6.07, 6.45) is 0. The molecule has 0 aromatic heterocycles. The largest absolute Gasteiger partial charge is 0.0877 e. The molecule has 124 valence electrons. The molecule has 1 heteroatoms. The molecule has 0 aliphatic heterocycles. The molecule has 0 unspecified atom stereocenters. The zero-order chi connectivity index (χ0) is 18.0. The highest BCUT2D eigenvalue weighted by atomic mass is 31.1. The fourth-order valence-corrected chi connectivity index (χ4v) is 5.84. The van der Waals surface area contributed by atoms with Crippen LogP contribution in [-0.2, 0) is 0 Å². The average Bonchev–Trinajstić information content (AvgIpc) is 2.41. The molecule has 0 heterocycles. The molecule has 0 aliphatic rings. The van der Waals surface area contributed by atoms with Gasteiger partial charge in [-0.3, -0.25) is 0 Å². The van der Waals surface area contributed by atoms with Gasteiger partial charge in [-0.05, 0) is 86.9 Å². The Morgan fingerprint density at radius 1 is 0.750 bits per heavy atom. The molecule has 0 atom stereocenters. The molecule has 0 nitrogen and oxygen atoms in total. The molecule has 0 amide bonds. The van der Waals surface area contributed by atoms with Gasteiger partial charge in [0.05, 0.1) is 0 Å². The third-order valence-electron chi connectivity index (χ3n) is 4.10. The summed E-state index contributed by atoms with van der Waals surface area (Å²) < 4.78 is 0. The highest BCUT2D eigenvalue weighted by molar-refractivity contribution is 7.77. The van der Waals surface area contributed by atoms with E-state index in [-0.39, 0.29) is 0 Å². The van der Waals surface area contributed by atoms with Gasteiger partial charge < -0.3 is 0 Å². The summed E-state index contributed by atoms with van der Waals surface area (Å²) in [6.45, 7) is 19.1. The van der Waals surface area contributed by atoms with Crippen molar-refractivity contribution in [3.05, 3.63) is 69.8 Å². The first-order valence-electron chi connectivity index (χ1n) is 8.33. The first-order valence-corrected chi connectivity index (χ1v) is 9.68. The lowest BCUT2D eigenvalue weighted by molar-refractivity contribution is 1.35. The van der Waals surface area contributed by atoms with Gasteiger partial charge in [-0.1, -0.05) is 53.6 Å². The molecule has 0 radical (unpaired) electrons. The molecule has 0 fully saturated rings. The second-order valence-corrected chi connectivity index (χ2v) is 8.64. The molecule has 2 rings (SSSR count). The molecule has 0 aliphatic carbocycles. The quantitative estimate of drug-likeness (QED) is 0.502. The van der Waals surface area contributed by atoms with Crippen molar-refractivity contribution in [2.24, 2.45) is 0 Å². The van der Waals surface area contributed by atoms with E-state index in [0.717, 1.165) is 5.57 Å². The van der Waals surface area contributed by atoms with E-state index in [9.17, 15) is 0 Å². The van der Waals surface area contributed by atoms with Gasteiger partial charge in [0.25, 0.3) is 0 Å². The lowest BCUT2D eigenvalue weighted by Gasteiger charge is -2.22. The number of rotatable bonds is 2. The van der Waals surface area contributed by atoms with Crippen LogP contribution in [0.4, 0.5) is 0 Å². The summed E-state index contributed by atoms with van der Waals surface area (Å²) in [7, 11) is -0.713. The van der Waals surface area contributed by atoms with E-state index in [0.29, 0.717) is 0 Å². The summed E-state index contributed by atoms with van der Waals surface area (Å²) in [5, 5.41) is 2.80. The van der Waals surface area contributed by atoms with Crippen molar-refractivity contribution in [2.45, 2.75) is 48.5 Å². The third-order valence-corrected chi connectivity index (χ3v) is 6.74. The Kier molecular flexibility index (Phi) is 5.69. The van der Waals surface area contributed by atoms with E-state index in [2.05, 4.69) is 84.0 Å². The van der Waals surface area contributed by atoms with E-state index in [1.807, 2.05) is 6.92 Å². The summed E-state index contributed by atoms with van der Waals surface area (Å²) in [6, 6.07) is 9.11. The number of hydrogen-bond donors (Lipinski definition) is 0. The van der Waals surface area contributed by atoms with Crippen LogP contribution in [0.3, 0.4) is 0 Å². The van der Waals surface area contributed by atoms with Gasteiger partial charge >= 0.3 is 0 Å². The average molecular weight is 334 g/mol. The molecular formula is C23H27P. The van der Waals surface area contributed by atoms with E-state index < -0.39 is 7.92 Å². The molecule has 2 aromatic carbocycles. The lowest BCUT2D eigenvalue weighted by Crippen LogP contribution is -2.21. The van der Waals surface area contributed by atoms with Gasteiger partial charge in [0.15, 0.2) is 0 Å². The third kappa shape index (κ3) is 3.98. The molecule has 0 N–H and O–H groups in total. The van der Waals surface area contributed by atoms with Crippen molar-refractivity contribution >= 4 is 18.5 Å². The minimum atomic E-state index is -0.713. The summed E-state index contributed by atoms with van der Waals surface area (Å²) in [5.74, 6) is 3.27. The van der Waals surface area contributed by atoms with Gasteiger partial charge in [0.2, 0.25) is 0 Å². The minimum Gasteiger partial charge on any atom is -0.0877 e. The zero-order valence-electron chi connectivity index (χ0n) is 16.0. The van der Waals surface area contributed by atoms with Gasteiger partial charge in [-0.2, -0.15) is 0 Å². The molecule has 24 heavy (non-hydrogen) atoms. The van der Waals surface area contributed by atoms with Crippen molar-refractivity contribution in [3.63, 3.8) is 0 Å². The maximum atomic E-state index is 3.97. The van der Waals surface area contributed by atoms with E-state index in [4.69, 9.17) is 0 Å². The normalized spacial score (nSPS) is 10.5. The van der Waals surface area contributed by atoms with Crippen LogP contribution in [0.2, 0.25) is 0 Å². The molecule has 0 saturated heterocycles. The molecule has 2 aromatic rings. The Morgan fingerprint density at radius 2 is 1.08 bits per heavy atom. The highest BCUT2D eigenvalue weighted by Crippen LogP contribution is 2.38. The maximum Gasteiger partial charge on any atom is 0.0359 e. The van der Waals surface area contributed by atoms with Crippen molar-refractivity contribution in [1.29, 1.82) is 0 Å². The topological polar surface area (TPSA) is 0 Å². The minimum absolute atomic E-state index is 0.713. The molecule has 0 bridgehead atoms. The zero-order valence-corrected chi connectivity index (χ0v) is 16.9. The smallest absolute Gasteiger partial charge is 0.0359 e. The van der Waals surface area contributed by atoms with Crippen LogP contribution in [-0.4, -0.2) is 0 Å². The van der Waals surface area contributed by atoms with Crippen LogP contribution in [0, 0.1) is 53.1 Å². The SMILES string of the molecule is C=C(C)C#CP(c1c(C)cc(C)cc1C)c1c(C)cc(C)cc1C. The number of allylic oxidation sites excluding steroid dienone is 1. The fraction of sp³-hybridized carbons (Fsp3) is 0.304. The summed E-state index contributed by atoms with van der Waals surface area (Å²) >= 11 is 0. The molecule has 0 saturated carbocycles. The van der Waals surface area contributed by atoms with Gasteiger partial charge in [-0.15, -0.1) is 0 Å². The number of hydrogen-bond acceptors (Lipinski definition) is 0. The predicted molar refractivity (Wildman–Crippen MR) is 110 cm³/mol. The van der Waals surface area contributed by atoms with Crippen LogP contribution in [0.1, 0.15) is 40.3 Å².